The summed E-state index contributed by atoms with van der Waals surface area (Å²) in [4.78, 5) is 8.61. The molecule has 3 rings (SSSR count). The third-order valence-electron chi connectivity index (χ3n) is 3.61. The van der Waals surface area contributed by atoms with Gasteiger partial charge in [0.2, 0.25) is 0 Å². The second kappa shape index (κ2) is 7.61. The number of nitrogens with zero attached hydrogens (tertiary/aromatic N) is 3. The molecule has 138 valence electrons. The number of fused-ring (bicyclic) bond motifs is 1. The van der Waals surface area contributed by atoms with Crippen LogP contribution in [-0.2, 0) is 4.74 Å². The molecule has 0 fully saturated rings. The molecule has 0 bridgehead atoms. The minimum absolute atomic E-state index is 0.281. The Morgan fingerprint density at radius 1 is 1.23 bits per heavy atom. The van der Waals surface area contributed by atoms with Crippen LogP contribution in [0.25, 0.3) is 16.9 Å². The highest BCUT2D eigenvalue weighted by Crippen LogP contribution is 2.29. The van der Waals surface area contributed by atoms with Crippen LogP contribution in [0.1, 0.15) is 6.42 Å². The number of ether oxygens (including phenoxy) is 2. The molecule has 0 radical (unpaired) electrons. The lowest BCUT2D eigenvalue weighted by atomic mass is 10.1. The van der Waals surface area contributed by atoms with Gasteiger partial charge in [-0.25, -0.2) is 9.97 Å². The first-order valence-electron chi connectivity index (χ1n) is 7.89. The fourth-order valence-electron chi connectivity index (χ4n) is 2.53. The number of nitrogens with one attached hydrogen (secondary N) is 1. The maximum absolute atomic E-state index is 12.4. The molecule has 2 aromatic heterocycles. The molecule has 0 unspecified atom stereocenters. The number of rotatable bonds is 7. The van der Waals surface area contributed by atoms with Crippen molar-refractivity contribution in [2.75, 3.05) is 25.6 Å². The van der Waals surface area contributed by atoms with Gasteiger partial charge in [0.05, 0.1) is 11.9 Å². The van der Waals surface area contributed by atoms with Gasteiger partial charge in [0.15, 0.2) is 11.5 Å². The predicted molar refractivity (Wildman–Crippen MR) is 90.1 cm³/mol. The van der Waals surface area contributed by atoms with Crippen LogP contribution in [0.3, 0.4) is 0 Å². The fourth-order valence-corrected chi connectivity index (χ4v) is 2.53. The van der Waals surface area contributed by atoms with Crippen molar-refractivity contribution >= 4 is 11.5 Å². The first-order chi connectivity index (χ1) is 12.5. The molecule has 9 heteroatoms. The summed E-state index contributed by atoms with van der Waals surface area (Å²) in [6.45, 7) is 1.29. The Morgan fingerprint density at radius 3 is 2.85 bits per heavy atom. The molecule has 0 amide bonds. The number of alkyl halides is 3. The number of methoxy groups -OCH3 is 1. The average Bonchev–Trinajstić information content (AvgIpc) is 3.02. The van der Waals surface area contributed by atoms with E-state index in [1.165, 1.54) is 18.2 Å². The molecule has 0 aliphatic heterocycles. The lowest BCUT2D eigenvalue weighted by molar-refractivity contribution is -0.274. The van der Waals surface area contributed by atoms with Gasteiger partial charge in [-0.1, -0.05) is 12.1 Å². The molecule has 2 heterocycles. The normalized spacial score (nSPS) is 11.7. The van der Waals surface area contributed by atoms with Crippen LogP contribution in [0, 0.1) is 0 Å². The van der Waals surface area contributed by atoms with Gasteiger partial charge in [0, 0.05) is 38.2 Å². The minimum Gasteiger partial charge on any atom is -0.406 e. The van der Waals surface area contributed by atoms with Crippen molar-refractivity contribution in [2.24, 2.45) is 0 Å². The predicted octanol–water partition coefficient (Wildman–Crippen LogP) is 3.74. The molecular weight excluding hydrogens is 349 g/mol. The van der Waals surface area contributed by atoms with E-state index < -0.39 is 6.36 Å². The van der Waals surface area contributed by atoms with Crippen LogP contribution >= 0.6 is 0 Å². The monoisotopic (exact) mass is 366 g/mol. The highest BCUT2D eigenvalue weighted by atomic mass is 19.4. The maximum Gasteiger partial charge on any atom is 0.573 e. The summed E-state index contributed by atoms with van der Waals surface area (Å²) in [7, 11) is 1.64. The fraction of sp³-hybridized carbons (Fsp3) is 0.294. The summed E-state index contributed by atoms with van der Waals surface area (Å²) in [5, 5.41) is 3.18. The molecule has 0 saturated heterocycles. The van der Waals surface area contributed by atoms with E-state index in [1.54, 1.807) is 36.2 Å². The van der Waals surface area contributed by atoms with Crippen molar-refractivity contribution in [3.8, 4) is 17.0 Å². The lowest BCUT2D eigenvalue weighted by Gasteiger charge is -2.10. The zero-order valence-corrected chi connectivity index (χ0v) is 14.0. The first kappa shape index (κ1) is 18.0. The van der Waals surface area contributed by atoms with Crippen molar-refractivity contribution in [1.82, 2.24) is 14.4 Å². The summed E-state index contributed by atoms with van der Waals surface area (Å²) in [6, 6.07) is 5.77. The van der Waals surface area contributed by atoms with Crippen LogP contribution in [0.15, 0.2) is 42.9 Å². The van der Waals surface area contributed by atoms with E-state index in [-0.39, 0.29) is 5.75 Å². The Morgan fingerprint density at radius 2 is 2.08 bits per heavy atom. The Bertz CT molecular complexity index is 880. The second-order valence-electron chi connectivity index (χ2n) is 5.46. The van der Waals surface area contributed by atoms with Gasteiger partial charge in [-0.3, -0.25) is 4.40 Å². The third kappa shape index (κ3) is 4.23. The number of halogens is 3. The van der Waals surface area contributed by atoms with Crippen molar-refractivity contribution < 1.29 is 22.6 Å². The molecule has 1 N–H and O–H groups in total. The van der Waals surface area contributed by atoms with E-state index in [9.17, 15) is 13.2 Å². The molecular formula is C17H17F3N4O2. The van der Waals surface area contributed by atoms with Crippen LogP contribution in [0.5, 0.6) is 5.75 Å². The van der Waals surface area contributed by atoms with E-state index in [2.05, 4.69) is 20.0 Å². The van der Waals surface area contributed by atoms with Crippen LogP contribution < -0.4 is 10.1 Å². The van der Waals surface area contributed by atoms with Gasteiger partial charge in [-0.2, -0.15) is 0 Å². The van der Waals surface area contributed by atoms with Crippen molar-refractivity contribution in [3.63, 3.8) is 0 Å². The Balaban J connectivity index is 1.88. The van der Waals surface area contributed by atoms with E-state index in [0.717, 1.165) is 6.42 Å². The second-order valence-corrected chi connectivity index (χ2v) is 5.46. The quantitative estimate of drug-likeness (QED) is 0.646. The number of benzene rings is 1. The number of anilines is 1. The van der Waals surface area contributed by atoms with Crippen LogP contribution in [-0.4, -0.2) is 41.0 Å². The molecule has 26 heavy (non-hydrogen) atoms. The lowest BCUT2D eigenvalue weighted by Crippen LogP contribution is -2.17. The van der Waals surface area contributed by atoms with Crippen LogP contribution in [0.4, 0.5) is 19.0 Å². The van der Waals surface area contributed by atoms with Gasteiger partial charge in [0.25, 0.3) is 0 Å². The molecule has 6 nitrogen and oxygen atoms in total. The molecule has 0 spiro atoms. The van der Waals surface area contributed by atoms with E-state index >= 15 is 0 Å². The third-order valence-corrected chi connectivity index (χ3v) is 3.61. The maximum atomic E-state index is 12.4. The molecule has 0 aliphatic rings. The molecule has 0 atom stereocenters. The van der Waals surface area contributed by atoms with Crippen molar-refractivity contribution in [1.29, 1.82) is 0 Å². The summed E-state index contributed by atoms with van der Waals surface area (Å²) >= 11 is 0. The average molecular weight is 366 g/mol. The van der Waals surface area contributed by atoms with E-state index in [0.29, 0.717) is 35.9 Å². The zero-order chi connectivity index (χ0) is 18.6. The van der Waals surface area contributed by atoms with Gasteiger partial charge in [0.1, 0.15) is 5.75 Å². The van der Waals surface area contributed by atoms with Crippen molar-refractivity contribution in [2.45, 2.75) is 12.8 Å². The molecule has 0 saturated carbocycles. The Labute approximate surface area is 147 Å². The van der Waals surface area contributed by atoms with Gasteiger partial charge in [-0.15, -0.1) is 13.2 Å². The van der Waals surface area contributed by atoms with Crippen LogP contribution in [0.2, 0.25) is 0 Å². The van der Waals surface area contributed by atoms with Gasteiger partial charge < -0.3 is 14.8 Å². The molecule has 1 aromatic carbocycles. The summed E-state index contributed by atoms with van der Waals surface area (Å²) in [6.07, 6.45) is 0.969. The highest BCUT2D eigenvalue weighted by Gasteiger charge is 2.31. The standard InChI is InChI=1S/C17H17F3N4O2/c1-25-9-3-6-21-15-16-23-11-14(24(16)8-7-22-15)12-4-2-5-13(10-12)26-17(18,19)20/h2,4-5,7-8,10-11H,3,6,9H2,1H3,(H,21,22). The number of aromatic nitrogens is 3. The van der Waals surface area contributed by atoms with Gasteiger partial charge in [-0.05, 0) is 18.6 Å². The Kier molecular flexibility index (Phi) is 5.27. The summed E-state index contributed by atoms with van der Waals surface area (Å²) < 4.78 is 48.0. The largest absolute Gasteiger partial charge is 0.573 e. The van der Waals surface area contributed by atoms with Gasteiger partial charge >= 0.3 is 6.36 Å². The van der Waals surface area contributed by atoms with E-state index in [1.807, 2.05) is 0 Å². The zero-order valence-electron chi connectivity index (χ0n) is 14.0. The summed E-state index contributed by atoms with van der Waals surface area (Å²) in [5.74, 6) is 0.314. The Hall–Kier alpha value is -2.81. The van der Waals surface area contributed by atoms with E-state index in [4.69, 9.17) is 4.74 Å². The first-order valence-corrected chi connectivity index (χ1v) is 7.89. The topological polar surface area (TPSA) is 60.7 Å². The number of hydrogen-bond donors (Lipinski definition) is 1. The number of imidazole rings is 1. The molecule has 0 aliphatic carbocycles. The van der Waals surface area contributed by atoms with Crippen molar-refractivity contribution in [3.05, 3.63) is 42.9 Å². The smallest absolute Gasteiger partial charge is 0.406 e. The SMILES string of the molecule is COCCCNc1nccn2c(-c3cccc(OC(F)(F)F)c3)cnc12. The molecule has 3 aromatic rings. The summed E-state index contributed by atoms with van der Waals surface area (Å²) in [5.41, 5.74) is 1.77. The highest BCUT2D eigenvalue weighted by molar-refractivity contribution is 5.71. The minimum atomic E-state index is -4.73. The number of hydrogen-bond acceptors (Lipinski definition) is 5.